The van der Waals surface area contributed by atoms with E-state index in [1.54, 1.807) is 0 Å². The van der Waals surface area contributed by atoms with Gasteiger partial charge in [-0.15, -0.1) is 0 Å². The Morgan fingerprint density at radius 1 is 0.955 bits per heavy atom. The topological polar surface area (TPSA) is 55.1 Å². The van der Waals surface area contributed by atoms with Crippen LogP contribution in [0.15, 0.2) is 65.6 Å². The molecule has 0 aliphatic heterocycles. The van der Waals surface area contributed by atoms with Crippen molar-refractivity contribution in [3.63, 3.8) is 0 Å². The summed E-state index contributed by atoms with van der Waals surface area (Å²) in [5.74, 6) is 0. The molecule has 0 spiro atoms. The van der Waals surface area contributed by atoms with Gasteiger partial charge in [0, 0.05) is 16.5 Å². The highest BCUT2D eigenvalue weighted by atomic mass is 32.2. The van der Waals surface area contributed by atoms with Gasteiger partial charge >= 0.3 is 0 Å². The Balaban J connectivity index is 1.92. The second-order valence-electron chi connectivity index (χ2n) is 5.12. The number of hydrogen-bond donors (Lipinski definition) is 2. The molecule has 0 aromatic heterocycles. The summed E-state index contributed by atoms with van der Waals surface area (Å²) in [5, 5.41) is 1.94. The number of nitrogens with one attached hydrogen (secondary N) is 1. The van der Waals surface area contributed by atoms with Gasteiger partial charge < -0.3 is 10.5 Å². The number of nitrogen functional groups attached to an aromatic ring is 1. The van der Waals surface area contributed by atoms with Crippen LogP contribution in [-0.4, -0.2) is 4.21 Å². The largest absolute Gasteiger partial charge is 0.398 e. The highest BCUT2D eigenvalue weighted by molar-refractivity contribution is 7.86. The zero-order valence-electron chi connectivity index (χ0n) is 12.4. The van der Waals surface area contributed by atoms with Gasteiger partial charge in [-0.3, -0.25) is 0 Å². The van der Waals surface area contributed by atoms with Crippen molar-refractivity contribution < 1.29 is 4.21 Å². The molecule has 0 saturated carbocycles. The summed E-state index contributed by atoms with van der Waals surface area (Å²) in [4.78, 5) is 0.762. The standard InChI is InChI=1S/C18H18N2OS/c1-2-13-7-9-14(10-8-13)22(21)20-18-12-11-17(19)15-5-3-4-6-16(15)18/h3-12,20H,2,19H2,1H3. The van der Waals surface area contributed by atoms with Crippen LogP contribution < -0.4 is 10.5 Å². The summed E-state index contributed by atoms with van der Waals surface area (Å²) < 4.78 is 15.6. The molecule has 3 N–H and O–H groups in total. The van der Waals surface area contributed by atoms with Crippen LogP contribution in [0.5, 0.6) is 0 Å². The molecule has 0 saturated heterocycles. The Bertz CT molecular complexity index is 828. The fourth-order valence-corrected chi connectivity index (χ4v) is 3.30. The molecule has 3 rings (SSSR count). The van der Waals surface area contributed by atoms with Gasteiger partial charge in [-0.25, -0.2) is 4.21 Å². The second-order valence-corrected chi connectivity index (χ2v) is 6.33. The molecule has 0 aliphatic rings. The second kappa shape index (κ2) is 6.20. The van der Waals surface area contributed by atoms with Gasteiger partial charge in [0.05, 0.1) is 10.6 Å². The first kappa shape index (κ1) is 14.6. The molecule has 3 aromatic rings. The summed E-state index contributed by atoms with van der Waals surface area (Å²) in [6.07, 6.45) is 0.975. The molecule has 4 heteroatoms. The average Bonchev–Trinajstić information content (AvgIpc) is 2.57. The lowest BCUT2D eigenvalue weighted by Gasteiger charge is -2.11. The molecule has 0 radical (unpaired) electrons. The molecule has 0 bridgehead atoms. The SMILES string of the molecule is CCc1ccc(S(=O)Nc2ccc(N)c3ccccc23)cc1. The zero-order chi connectivity index (χ0) is 15.5. The molecule has 0 fully saturated rings. The van der Waals surface area contributed by atoms with Gasteiger partial charge in [0.1, 0.15) is 11.0 Å². The Hall–Kier alpha value is -2.33. The maximum absolute atomic E-state index is 12.5. The Labute approximate surface area is 132 Å². The van der Waals surface area contributed by atoms with Crippen molar-refractivity contribution in [3.8, 4) is 0 Å². The summed E-state index contributed by atoms with van der Waals surface area (Å²) in [6.45, 7) is 2.10. The van der Waals surface area contributed by atoms with Crippen molar-refractivity contribution in [2.75, 3.05) is 10.5 Å². The number of anilines is 2. The maximum Gasteiger partial charge on any atom is 0.150 e. The number of hydrogen-bond acceptors (Lipinski definition) is 2. The van der Waals surface area contributed by atoms with E-state index < -0.39 is 11.0 Å². The fraction of sp³-hybridized carbons (Fsp3) is 0.111. The van der Waals surface area contributed by atoms with Crippen LogP contribution in [0.2, 0.25) is 0 Å². The molecule has 3 nitrogen and oxygen atoms in total. The highest BCUT2D eigenvalue weighted by Crippen LogP contribution is 2.29. The van der Waals surface area contributed by atoms with Crippen LogP contribution in [0.25, 0.3) is 10.8 Å². The van der Waals surface area contributed by atoms with E-state index in [9.17, 15) is 4.21 Å². The lowest BCUT2D eigenvalue weighted by atomic mass is 10.1. The monoisotopic (exact) mass is 310 g/mol. The van der Waals surface area contributed by atoms with E-state index in [4.69, 9.17) is 5.73 Å². The van der Waals surface area contributed by atoms with Crippen LogP contribution in [-0.2, 0) is 17.4 Å². The van der Waals surface area contributed by atoms with Gasteiger partial charge in [-0.05, 0) is 36.2 Å². The molecule has 0 amide bonds. The van der Waals surface area contributed by atoms with Crippen LogP contribution in [0, 0.1) is 0 Å². The minimum Gasteiger partial charge on any atom is -0.398 e. The summed E-state index contributed by atoms with van der Waals surface area (Å²) in [5.41, 5.74) is 8.77. The molecule has 0 heterocycles. The van der Waals surface area contributed by atoms with E-state index in [1.807, 2.05) is 60.7 Å². The Morgan fingerprint density at radius 2 is 1.64 bits per heavy atom. The normalized spacial score (nSPS) is 12.2. The van der Waals surface area contributed by atoms with E-state index in [2.05, 4.69) is 11.6 Å². The number of aryl methyl sites for hydroxylation is 1. The van der Waals surface area contributed by atoms with E-state index in [0.29, 0.717) is 0 Å². The lowest BCUT2D eigenvalue weighted by molar-refractivity contribution is 0.686. The van der Waals surface area contributed by atoms with Crippen molar-refractivity contribution in [3.05, 3.63) is 66.2 Å². The van der Waals surface area contributed by atoms with E-state index >= 15 is 0 Å². The van der Waals surface area contributed by atoms with Crippen molar-refractivity contribution >= 4 is 33.1 Å². The van der Waals surface area contributed by atoms with Gasteiger partial charge in [0.25, 0.3) is 0 Å². The summed E-state index contributed by atoms with van der Waals surface area (Å²) in [6, 6.07) is 19.4. The average molecular weight is 310 g/mol. The van der Waals surface area contributed by atoms with Gasteiger partial charge in [-0.2, -0.15) is 0 Å². The van der Waals surface area contributed by atoms with E-state index in [-0.39, 0.29) is 0 Å². The van der Waals surface area contributed by atoms with Gasteiger partial charge in [0.2, 0.25) is 0 Å². The smallest absolute Gasteiger partial charge is 0.150 e. The Kier molecular flexibility index (Phi) is 4.11. The minimum atomic E-state index is -1.30. The molecule has 22 heavy (non-hydrogen) atoms. The Morgan fingerprint density at radius 3 is 2.32 bits per heavy atom. The predicted molar refractivity (Wildman–Crippen MR) is 94.2 cm³/mol. The molecule has 0 aliphatic carbocycles. The highest BCUT2D eigenvalue weighted by Gasteiger charge is 2.08. The van der Waals surface area contributed by atoms with Crippen LogP contribution in [0.3, 0.4) is 0 Å². The summed E-state index contributed by atoms with van der Waals surface area (Å²) >= 11 is 0. The first-order valence-electron chi connectivity index (χ1n) is 7.23. The number of nitrogens with two attached hydrogens (primary N) is 1. The van der Waals surface area contributed by atoms with Crippen LogP contribution in [0.1, 0.15) is 12.5 Å². The molecule has 1 atom stereocenters. The number of benzene rings is 3. The first-order valence-corrected chi connectivity index (χ1v) is 8.38. The third-order valence-corrected chi connectivity index (χ3v) is 4.81. The number of rotatable bonds is 4. The molecule has 112 valence electrons. The molecular formula is C18H18N2OS. The van der Waals surface area contributed by atoms with Crippen LogP contribution in [0.4, 0.5) is 11.4 Å². The third kappa shape index (κ3) is 2.83. The fourth-order valence-electron chi connectivity index (χ4n) is 2.42. The van der Waals surface area contributed by atoms with Crippen molar-refractivity contribution in [1.82, 2.24) is 0 Å². The van der Waals surface area contributed by atoms with Crippen molar-refractivity contribution in [1.29, 1.82) is 0 Å². The van der Waals surface area contributed by atoms with Crippen LogP contribution >= 0.6 is 0 Å². The third-order valence-electron chi connectivity index (χ3n) is 3.71. The molecule has 3 aromatic carbocycles. The number of fused-ring (bicyclic) bond motifs is 1. The van der Waals surface area contributed by atoms with Gasteiger partial charge in [-0.1, -0.05) is 43.3 Å². The van der Waals surface area contributed by atoms with Gasteiger partial charge in [0.15, 0.2) is 0 Å². The molecule has 1 unspecified atom stereocenters. The quantitative estimate of drug-likeness (QED) is 0.712. The van der Waals surface area contributed by atoms with Crippen molar-refractivity contribution in [2.45, 2.75) is 18.2 Å². The van der Waals surface area contributed by atoms with E-state index in [0.717, 1.165) is 33.5 Å². The van der Waals surface area contributed by atoms with Crippen molar-refractivity contribution in [2.24, 2.45) is 0 Å². The zero-order valence-corrected chi connectivity index (χ0v) is 13.2. The predicted octanol–water partition coefficient (Wildman–Crippen LogP) is 4.12. The maximum atomic E-state index is 12.5. The first-order chi connectivity index (χ1) is 10.7. The minimum absolute atomic E-state index is 0.722. The van der Waals surface area contributed by atoms with E-state index in [1.165, 1.54) is 5.56 Å². The molecular weight excluding hydrogens is 292 g/mol. The lowest BCUT2D eigenvalue weighted by Crippen LogP contribution is -2.05. The summed E-state index contributed by atoms with van der Waals surface area (Å²) in [7, 11) is -1.30.